The third kappa shape index (κ3) is 3.72. The van der Waals surface area contributed by atoms with Crippen molar-refractivity contribution in [3.8, 4) is 0 Å². The number of aliphatic hydroxyl groups is 1. The smallest absolute Gasteiger partial charge is 0.269 e. The van der Waals surface area contributed by atoms with Crippen LogP contribution in [0.15, 0.2) is 29.2 Å². The maximum Gasteiger partial charge on any atom is 0.269 e. The molecule has 1 aromatic carbocycles. The van der Waals surface area contributed by atoms with E-state index in [4.69, 9.17) is 5.11 Å². The molecule has 0 aliphatic heterocycles. The van der Waals surface area contributed by atoms with Gasteiger partial charge < -0.3 is 5.11 Å². The highest BCUT2D eigenvalue weighted by atomic mass is 32.2. The quantitative estimate of drug-likeness (QED) is 0.595. The van der Waals surface area contributed by atoms with Gasteiger partial charge in [0.2, 0.25) is 10.0 Å². The second kappa shape index (κ2) is 6.60. The lowest BCUT2D eigenvalue weighted by atomic mass is 10.3. The Hall–Kier alpha value is -1.51. The minimum Gasteiger partial charge on any atom is -0.396 e. The number of hydrogen-bond acceptors (Lipinski definition) is 5. The van der Waals surface area contributed by atoms with Crippen LogP contribution in [0.1, 0.15) is 13.3 Å². The predicted octanol–water partition coefficient (Wildman–Crippen LogP) is 0.988. The van der Waals surface area contributed by atoms with E-state index < -0.39 is 14.9 Å². The summed E-state index contributed by atoms with van der Waals surface area (Å²) in [5.41, 5.74) is -0.155. The van der Waals surface area contributed by atoms with Crippen molar-refractivity contribution < 1.29 is 18.4 Å². The standard InChI is InChI=1S/C11H16N2O5S/c1-2-12(8-3-9-14)19(17,18)11-6-4-10(5-7-11)13(15)16/h4-7,14H,2-3,8-9H2,1H3. The van der Waals surface area contributed by atoms with Crippen LogP contribution in [0.5, 0.6) is 0 Å². The molecule has 0 atom stereocenters. The molecule has 106 valence electrons. The molecule has 0 aliphatic rings. The van der Waals surface area contributed by atoms with E-state index in [1.54, 1.807) is 6.92 Å². The van der Waals surface area contributed by atoms with Crippen LogP contribution in [0.4, 0.5) is 5.69 Å². The Labute approximate surface area is 111 Å². The molecule has 0 radical (unpaired) electrons. The number of non-ortho nitro benzene ring substituents is 1. The molecule has 1 aromatic rings. The van der Waals surface area contributed by atoms with E-state index in [9.17, 15) is 18.5 Å². The average molecular weight is 288 g/mol. The molecule has 0 bridgehead atoms. The van der Waals surface area contributed by atoms with Gasteiger partial charge >= 0.3 is 0 Å². The molecule has 7 nitrogen and oxygen atoms in total. The highest BCUT2D eigenvalue weighted by Gasteiger charge is 2.23. The van der Waals surface area contributed by atoms with Crippen molar-refractivity contribution >= 4 is 15.7 Å². The molecule has 0 saturated heterocycles. The van der Waals surface area contributed by atoms with E-state index in [0.717, 1.165) is 12.1 Å². The second-order valence-electron chi connectivity index (χ2n) is 3.82. The van der Waals surface area contributed by atoms with Gasteiger partial charge in [-0.2, -0.15) is 4.31 Å². The number of nitrogens with zero attached hydrogens (tertiary/aromatic N) is 2. The minimum atomic E-state index is -3.67. The Morgan fingerprint density at radius 1 is 1.32 bits per heavy atom. The third-order valence-corrected chi connectivity index (χ3v) is 4.59. The normalized spacial score (nSPS) is 11.7. The summed E-state index contributed by atoms with van der Waals surface area (Å²) in [6.07, 6.45) is 0.347. The second-order valence-corrected chi connectivity index (χ2v) is 5.76. The number of aliphatic hydroxyl groups excluding tert-OH is 1. The summed E-state index contributed by atoms with van der Waals surface area (Å²) in [5, 5.41) is 19.3. The average Bonchev–Trinajstić information content (AvgIpc) is 2.39. The van der Waals surface area contributed by atoms with Crippen molar-refractivity contribution in [2.45, 2.75) is 18.2 Å². The number of benzene rings is 1. The van der Waals surface area contributed by atoms with Crippen LogP contribution < -0.4 is 0 Å². The van der Waals surface area contributed by atoms with Crippen molar-refractivity contribution in [1.29, 1.82) is 0 Å². The fourth-order valence-corrected chi connectivity index (χ4v) is 3.07. The molecule has 0 aliphatic carbocycles. The zero-order chi connectivity index (χ0) is 14.5. The van der Waals surface area contributed by atoms with E-state index in [1.165, 1.54) is 16.4 Å². The van der Waals surface area contributed by atoms with Gasteiger partial charge in [0, 0.05) is 31.8 Å². The van der Waals surface area contributed by atoms with Crippen LogP contribution in [-0.4, -0.2) is 42.4 Å². The maximum absolute atomic E-state index is 12.2. The van der Waals surface area contributed by atoms with E-state index in [-0.39, 0.29) is 30.3 Å². The number of nitro benzene ring substituents is 1. The zero-order valence-electron chi connectivity index (χ0n) is 10.5. The summed E-state index contributed by atoms with van der Waals surface area (Å²) >= 11 is 0. The van der Waals surface area contributed by atoms with E-state index in [0.29, 0.717) is 6.42 Å². The van der Waals surface area contributed by atoms with Gasteiger partial charge in [0.25, 0.3) is 5.69 Å². The fourth-order valence-electron chi connectivity index (χ4n) is 1.58. The molecule has 0 heterocycles. The summed E-state index contributed by atoms with van der Waals surface area (Å²) in [4.78, 5) is 9.94. The summed E-state index contributed by atoms with van der Waals surface area (Å²) in [5.74, 6) is 0. The SMILES string of the molecule is CCN(CCCO)S(=O)(=O)c1ccc([N+](=O)[O-])cc1. The monoisotopic (exact) mass is 288 g/mol. The molecule has 0 saturated carbocycles. The Kier molecular flexibility index (Phi) is 5.40. The summed E-state index contributed by atoms with van der Waals surface area (Å²) in [6.45, 7) is 2.10. The van der Waals surface area contributed by atoms with Gasteiger partial charge in [-0.25, -0.2) is 8.42 Å². The molecule has 19 heavy (non-hydrogen) atoms. The van der Waals surface area contributed by atoms with Gasteiger partial charge in [0.15, 0.2) is 0 Å². The Morgan fingerprint density at radius 3 is 2.32 bits per heavy atom. The van der Waals surface area contributed by atoms with Crippen molar-refractivity contribution in [2.75, 3.05) is 19.7 Å². The van der Waals surface area contributed by atoms with Gasteiger partial charge in [-0.05, 0) is 18.6 Å². The number of rotatable bonds is 7. The van der Waals surface area contributed by atoms with Crippen molar-refractivity contribution in [1.82, 2.24) is 4.31 Å². The summed E-state index contributed by atoms with van der Waals surface area (Å²) in [6, 6.07) is 4.75. The molecule has 1 N–H and O–H groups in total. The molecule has 0 amide bonds. The van der Waals surface area contributed by atoms with Crippen molar-refractivity contribution in [2.24, 2.45) is 0 Å². The van der Waals surface area contributed by atoms with Crippen molar-refractivity contribution in [3.05, 3.63) is 34.4 Å². The molecule has 8 heteroatoms. The van der Waals surface area contributed by atoms with E-state index in [2.05, 4.69) is 0 Å². The lowest BCUT2D eigenvalue weighted by Gasteiger charge is -2.19. The highest BCUT2D eigenvalue weighted by molar-refractivity contribution is 7.89. The van der Waals surface area contributed by atoms with Crippen LogP contribution in [0.3, 0.4) is 0 Å². The first-order valence-corrected chi connectivity index (χ1v) is 7.23. The molecular weight excluding hydrogens is 272 g/mol. The summed E-state index contributed by atoms with van der Waals surface area (Å²) < 4.78 is 25.7. The first-order chi connectivity index (χ1) is 8.93. The van der Waals surface area contributed by atoms with E-state index >= 15 is 0 Å². The zero-order valence-corrected chi connectivity index (χ0v) is 11.3. The molecular formula is C11H16N2O5S. The van der Waals surface area contributed by atoms with Crippen LogP contribution in [0.25, 0.3) is 0 Å². The van der Waals surface area contributed by atoms with Gasteiger partial charge in [0.05, 0.1) is 9.82 Å². The number of sulfonamides is 1. The Bertz CT molecular complexity index is 527. The lowest BCUT2D eigenvalue weighted by Crippen LogP contribution is -2.32. The third-order valence-electron chi connectivity index (χ3n) is 2.60. The molecule has 0 fully saturated rings. The first-order valence-electron chi connectivity index (χ1n) is 5.79. The molecule has 0 unspecified atom stereocenters. The van der Waals surface area contributed by atoms with Gasteiger partial charge in [-0.15, -0.1) is 0 Å². The van der Waals surface area contributed by atoms with Crippen LogP contribution in [0.2, 0.25) is 0 Å². The molecule has 0 spiro atoms. The summed E-state index contributed by atoms with van der Waals surface area (Å²) in [7, 11) is -3.67. The van der Waals surface area contributed by atoms with E-state index in [1.807, 2.05) is 0 Å². The Morgan fingerprint density at radius 2 is 1.89 bits per heavy atom. The van der Waals surface area contributed by atoms with Crippen LogP contribution >= 0.6 is 0 Å². The fraction of sp³-hybridized carbons (Fsp3) is 0.455. The highest BCUT2D eigenvalue weighted by Crippen LogP contribution is 2.19. The van der Waals surface area contributed by atoms with Gasteiger partial charge in [-0.1, -0.05) is 6.92 Å². The minimum absolute atomic E-state index is 0.0119. The number of nitro groups is 1. The molecule has 0 aromatic heterocycles. The Balaban J connectivity index is 3.01. The predicted molar refractivity (Wildman–Crippen MR) is 69.2 cm³/mol. The molecule has 1 rings (SSSR count). The topological polar surface area (TPSA) is 101 Å². The maximum atomic E-state index is 12.2. The largest absolute Gasteiger partial charge is 0.396 e. The van der Waals surface area contributed by atoms with Crippen LogP contribution in [0, 0.1) is 10.1 Å². The number of hydrogen-bond donors (Lipinski definition) is 1. The lowest BCUT2D eigenvalue weighted by molar-refractivity contribution is -0.384. The van der Waals surface area contributed by atoms with Crippen molar-refractivity contribution in [3.63, 3.8) is 0 Å². The van der Waals surface area contributed by atoms with Crippen LogP contribution in [-0.2, 0) is 10.0 Å². The van der Waals surface area contributed by atoms with Gasteiger partial charge in [-0.3, -0.25) is 10.1 Å². The van der Waals surface area contributed by atoms with Gasteiger partial charge in [0.1, 0.15) is 0 Å². The first kappa shape index (κ1) is 15.5.